The summed E-state index contributed by atoms with van der Waals surface area (Å²) in [4.78, 5) is 30.6. The van der Waals surface area contributed by atoms with Gasteiger partial charge in [0.2, 0.25) is 0 Å². The Hall–Kier alpha value is -2.28. The van der Waals surface area contributed by atoms with Gasteiger partial charge in [-0.3, -0.25) is 19.4 Å². The number of thiophene rings is 1. The number of rotatable bonds is 3. The molecule has 1 amide bonds. The van der Waals surface area contributed by atoms with E-state index in [-0.39, 0.29) is 6.04 Å². The van der Waals surface area contributed by atoms with Crippen LogP contribution in [0.1, 0.15) is 32.4 Å². The van der Waals surface area contributed by atoms with E-state index in [2.05, 4.69) is 44.4 Å². The van der Waals surface area contributed by atoms with Crippen LogP contribution in [0.25, 0.3) is 0 Å². The Morgan fingerprint density at radius 1 is 1.04 bits per heavy atom. The number of nitrogens with zero attached hydrogens (tertiary/aromatic N) is 2. The monoisotopic (exact) mass is 452 g/mol. The molecular formula is C22H17BrN2O2S. The molecule has 4 nitrogen and oxygen atoms in total. The van der Waals surface area contributed by atoms with Gasteiger partial charge in [0.05, 0.1) is 24.0 Å². The van der Waals surface area contributed by atoms with Gasteiger partial charge >= 0.3 is 5.91 Å². The lowest BCUT2D eigenvalue weighted by molar-refractivity contribution is -0.114. The number of fused-ring (bicyclic) bond motifs is 2. The summed E-state index contributed by atoms with van der Waals surface area (Å²) in [7, 11) is 0. The van der Waals surface area contributed by atoms with Gasteiger partial charge in [0.15, 0.2) is 0 Å². The number of ketones is 1. The van der Waals surface area contributed by atoms with Crippen LogP contribution in [-0.2, 0) is 11.2 Å². The molecule has 1 unspecified atom stereocenters. The summed E-state index contributed by atoms with van der Waals surface area (Å²) in [6.07, 6.45) is 0.956. The highest BCUT2D eigenvalue weighted by molar-refractivity contribution is 9.10. The van der Waals surface area contributed by atoms with Gasteiger partial charge < -0.3 is 0 Å². The number of carbonyl (C=O) groups excluding carboxylic acids is 2. The number of carbonyl (C=O) groups is 2. The van der Waals surface area contributed by atoms with Crippen LogP contribution in [0, 0.1) is 0 Å². The van der Waals surface area contributed by atoms with Crippen molar-refractivity contribution in [1.29, 1.82) is 0 Å². The Morgan fingerprint density at radius 3 is 2.68 bits per heavy atom. The van der Waals surface area contributed by atoms with E-state index in [1.807, 2.05) is 30.3 Å². The van der Waals surface area contributed by atoms with Crippen LogP contribution in [-0.4, -0.2) is 29.8 Å². The van der Waals surface area contributed by atoms with Gasteiger partial charge in [-0.2, -0.15) is 0 Å². The highest BCUT2D eigenvalue weighted by Gasteiger charge is 2.40. The third-order valence-electron chi connectivity index (χ3n) is 5.45. The Morgan fingerprint density at radius 2 is 1.86 bits per heavy atom. The molecule has 0 saturated carbocycles. The Kier molecular flexibility index (Phi) is 4.42. The lowest BCUT2D eigenvalue weighted by Crippen LogP contribution is -2.45. The summed E-state index contributed by atoms with van der Waals surface area (Å²) in [5.41, 5.74) is 3.66. The fraction of sp³-hybridized carbons (Fsp3) is 0.182. The molecule has 1 atom stereocenters. The second-order valence-electron chi connectivity index (χ2n) is 7.01. The third-order valence-corrected chi connectivity index (χ3v) is 7.11. The van der Waals surface area contributed by atoms with Crippen LogP contribution in [0.5, 0.6) is 0 Å². The van der Waals surface area contributed by atoms with Crippen LogP contribution in [0.4, 0.5) is 5.69 Å². The number of hydrogen-bond acceptors (Lipinski definition) is 4. The normalized spacial score (nSPS) is 19.0. The first kappa shape index (κ1) is 17.8. The molecule has 28 heavy (non-hydrogen) atoms. The lowest BCUT2D eigenvalue weighted by atomic mass is 9.93. The molecule has 2 aliphatic heterocycles. The van der Waals surface area contributed by atoms with Crippen molar-refractivity contribution in [3.63, 3.8) is 0 Å². The molecule has 2 aliphatic rings. The molecule has 2 aromatic carbocycles. The van der Waals surface area contributed by atoms with E-state index in [0.717, 1.165) is 13.0 Å². The number of benzene rings is 2. The number of amides is 1. The van der Waals surface area contributed by atoms with Gasteiger partial charge in [-0.1, -0.05) is 36.4 Å². The van der Waals surface area contributed by atoms with Crippen LogP contribution in [0.2, 0.25) is 0 Å². The van der Waals surface area contributed by atoms with Crippen molar-refractivity contribution in [2.75, 3.05) is 18.1 Å². The van der Waals surface area contributed by atoms with E-state index in [1.165, 1.54) is 16.0 Å². The van der Waals surface area contributed by atoms with Crippen LogP contribution in [0.3, 0.4) is 0 Å². The van der Waals surface area contributed by atoms with Crippen molar-refractivity contribution in [3.8, 4) is 0 Å². The summed E-state index contributed by atoms with van der Waals surface area (Å²) in [6, 6.07) is 18.2. The number of anilines is 1. The summed E-state index contributed by atoms with van der Waals surface area (Å²) in [5.74, 6) is -0.892. The molecule has 3 aromatic rings. The Labute approximate surface area is 175 Å². The number of Topliss-reactive ketones (excluding diaryl/α,β-unsaturated/α-hetero) is 1. The van der Waals surface area contributed by atoms with Crippen molar-refractivity contribution in [2.24, 2.45) is 0 Å². The highest BCUT2D eigenvalue weighted by atomic mass is 79.9. The summed E-state index contributed by atoms with van der Waals surface area (Å²) in [5, 5.41) is 2.14. The van der Waals surface area contributed by atoms with Gasteiger partial charge in [0, 0.05) is 15.9 Å². The van der Waals surface area contributed by atoms with Crippen molar-refractivity contribution < 1.29 is 9.59 Å². The molecule has 0 radical (unpaired) electrons. The molecule has 0 saturated heterocycles. The fourth-order valence-electron chi connectivity index (χ4n) is 4.17. The minimum atomic E-state index is -0.454. The van der Waals surface area contributed by atoms with Crippen LogP contribution < -0.4 is 4.90 Å². The van der Waals surface area contributed by atoms with Crippen molar-refractivity contribution >= 4 is 44.6 Å². The lowest BCUT2D eigenvalue weighted by Gasteiger charge is -2.38. The second kappa shape index (κ2) is 6.95. The molecule has 0 bridgehead atoms. The maximum absolute atomic E-state index is 12.8. The zero-order chi connectivity index (χ0) is 19.3. The predicted octanol–water partition coefficient (Wildman–Crippen LogP) is 4.65. The van der Waals surface area contributed by atoms with E-state index in [0.29, 0.717) is 22.4 Å². The van der Waals surface area contributed by atoms with Crippen molar-refractivity contribution in [2.45, 2.75) is 12.5 Å². The van der Waals surface area contributed by atoms with E-state index < -0.39 is 11.7 Å². The minimum absolute atomic E-state index is 0.0790. The number of halogens is 1. The molecule has 3 heterocycles. The summed E-state index contributed by atoms with van der Waals surface area (Å²) < 4.78 is 0.671. The van der Waals surface area contributed by atoms with Gasteiger partial charge in [-0.25, -0.2) is 0 Å². The van der Waals surface area contributed by atoms with Gasteiger partial charge in [-0.05, 0) is 57.1 Å². The Bertz CT molecular complexity index is 1080. The van der Waals surface area contributed by atoms with E-state index in [4.69, 9.17) is 0 Å². The van der Waals surface area contributed by atoms with Crippen molar-refractivity contribution in [1.82, 2.24) is 4.90 Å². The molecule has 1 aromatic heterocycles. The first-order valence-corrected chi connectivity index (χ1v) is 10.8. The molecule has 0 fully saturated rings. The standard InChI is InChI=1S/C22H17BrN2O2S/c23-16-7-4-8-17-19(16)21(26)22(27)25(17)13-24-11-9-18-15(10-12-28-18)20(24)14-5-2-1-3-6-14/h1-8,10,12,20H,9,11,13H2. The summed E-state index contributed by atoms with van der Waals surface area (Å²) in [6.45, 7) is 1.23. The second-order valence-corrected chi connectivity index (χ2v) is 8.87. The first-order valence-electron chi connectivity index (χ1n) is 9.15. The van der Waals surface area contributed by atoms with E-state index in [1.54, 1.807) is 22.3 Å². The molecule has 6 heteroatoms. The average Bonchev–Trinajstić information content (AvgIpc) is 3.28. The average molecular weight is 453 g/mol. The third kappa shape index (κ3) is 2.75. The van der Waals surface area contributed by atoms with Gasteiger partial charge in [-0.15, -0.1) is 11.3 Å². The quantitative estimate of drug-likeness (QED) is 0.543. The maximum atomic E-state index is 12.8. The van der Waals surface area contributed by atoms with Crippen molar-refractivity contribution in [3.05, 3.63) is 86.0 Å². The zero-order valence-electron chi connectivity index (χ0n) is 15.0. The maximum Gasteiger partial charge on any atom is 0.300 e. The SMILES string of the molecule is O=C1C(=O)N(CN2CCc3sccc3C2c2ccccc2)c2cccc(Br)c21. The van der Waals surface area contributed by atoms with E-state index in [9.17, 15) is 9.59 Å². The predicted molar refractivity (Wildman–Crippen MR) is 114 cm³/mol. The highest BCUT2D eigenvalue weighted by Crippen LogP contribution is 2.40. The molecule has 0 spiro atoms. The van der Waals surface area contributed by atoms with Crippen LogP contribution in [0.15, 0.2) is 64.5 Å². The molecule has 0 N–H and O–H groups in total. The van der Waals surface area contributed by atoms with Crippen LogP contribution >= 0.6 is 27.3 Å². The Balaban J connectivity index is 1.54. The molecule has 140 valence electrons. The van der Waals surface area contributed by atoms with Gasteiger partial charge in [0.25, 0.3) is 5.78 Å². The minimum Gasteiger partial charge on any atom is -0.291 e. The zero-order valence-corrected chi connectivity index (χ0v) is 17.4. The smallest absolute Gasteiger partial charge is 0.291 e. The topological polar surface area (TPSA) is 40.6 Å². The van der Waals surface area contributed by atoms with E-state index >= 15 is 0 Å². The number of hydrogen-bond donors (Lipinski definition) is 0. The largest absolute Gasteiger partial charge is 0.300 e. The summed E-state index contributed by atoms with van der Waals surface area (Å²) >= 11 is 5.21. The molecule has 5 rings (SSSR count). The van der Waals surface area contributed by atoms with Gasteiger partial charge in [0.1, 0.15) is 0 Å². The fourth-order valence-corrected chi connectivity index (χ4v) is 5.61. The molecular weight excluding hydrogens is 436 g/mol. The molecule has 0 aliphatic carbocycles. The first-order chi connectivity index (χ1) is 13.6.